The summed E-state index contributed by atoms with van der Waals surface area (Å²) in [6, 6.07) is 30.7. The van der Waals surface area contributed by atoms with Crippen molar-refractivity contribution in [2.24, 2.45) is 5.10 Å². The molecule has 1 aliphatic rings. The summed E-state index contributed by atoms with van der Waals surface area (Å²) in [4.78, 5) is 40.2. The third-order valence-corrected chi connectivity index (χ3v) is 7.63. The number of nitrogens with one attached hydrogen (secondary N) is 2. The zero-order valence-corrected chi connectivity index (χ0v) is 23.8. The van der Waals surface area contributed by atoms with Crippen molar-refractivity contribution >= 4 is 46.7 Å². The molecule has 1 heterocycles. The number of benzene rings is 4. The minimum atomic E-state index is -0.657. The van der Waals surface area contributed by atoms with E-state index in [0.29, 0.717) is 22.9 Å². The summed E-state index contributed by atoms with van der Waals surface area (Å²) in [5, 5.41) is 10.7. The molecule has 0 bridgehead atoms. The minimum Gasteiger partial charge on any atom is -0.496 e. The molecule has 9 nitrogen and oxygen atoms in total. The van der Waals surface area contributed by atoms with Gasteiger partial charge in [0.15, 0.2) is 0 Å². The van der Waals surface area contributed by atoms with Crippen molar-refractivity contribution in [2.75, 3.05) is 24.5 Å². The molecule has 212 valence electrons. The maximum atomic E-state index is 13.6. The van der Waals surface area contributed by atoms with Crippen LogP contribution in [0, 0.1) is 0 Å². The van der Waals surface area contributed by atoms with E-state index in [4.69, 9.17) is 9.47 Å². The van der Waals surface area contributed by atoms with Gasteiger partial charge < -0.3 is 20.1 Å². The molecule has 4 aromatic rings. The number of amidine groups is 1. The lowest BCUT2D eigenvalue weighted by Gasteiger charge is -2.17. The fourth-order valence-corrected chi connectivity index (χ4v) is 5.51. The molecule has 4 aromatic carbocycles. The number of thioether (sulfide) groups is 1. The zero-order chi connectivity index (χ0) is 29.5. The van der Waals surface area contributed by atoms with Gasteiger partial charge in [0.2, 0.25) is 5.91 Å². The highest BCUT2D eigenvalue weighted by Crippen LogP contribution is 2.37. The molecule has 42 heavy (non-hydrogen) atoms. The number of amides is 3. The smallest absolute Gasteiger partial charge is 0.263 e. The lowest BCUT2D eigenvalue weighted by Crippen LogP contribution is -2.33. The quantitative estimate of drug-likeness (QED) is 0.248. The van der Waals surface area contributed by atoms with Gasteiger partial charge >= 0.3 is 0 Å². The minimum absolute atomic E-state index is 0.0132. The van der Waals surface area contributed by atoms with Crippen LogP contribution < -0.4 is 25.1 Å². The van der Waals surface area contributed by atoms with Gasteiger partial charge in [0.25, 0.3) is 11.8 Å². The molecule has 0 aromatic heterocycles. The van der Waals surface area contributed by atoms with E-state index in [0.717, 1.165) is 10.5 Å². The van der Waals surface area contributed by atoms with Crippen LogP contribution in [0.5, 0.6) is 11.5 Å². The Morgan fingerprint density at radius 1 is 0.833 bits per heavy atom. The molecule has 2 N–H and O–H groups in total. The molecule has 0 radical (unpaired) electrons. The van der Waals surface area contributed by atoms with E-state index < -0.39 is 11.2 Å². The van der Waals surface area contributed by atoms with Gasteiger partial charge in [-0.3, -0.25) is 14.4 Å². The lowest BCUT2D eigenvalue weighted by molar-refractivity contribution is -0.119. The van der Waals surface area contributed by atoms with Crippen LogP contribution in [0.1, 0.15) is 27.6 Å². The summed E-state index contributed by atoms with van der Waals surface area (Å²) in [7, 11) is 2.98. The van der Waals surface area contributed by atoms with Gasteiger partial charge in [-0.2, -0.15) is 10.1 Å². The van der Waals surface area contributed by atoms with Crippen molar-refractivity contribution in [3.63, 3.8) is 0 Å². The Balaban J connectivity index is 1.35. The molecule has 0 spiro atoms. The number of para-hydroxylation sites is 1. The van der Waals surface area contributed by atoms with E-state index in [-0.39, 0.29) is 29.6 Å². The first-order chi connectivity index (χ1) is 20.5. The van der Waals surface area contributed by atoms with E-state index in [1.807, 2.05) is 54.6 Å². The molecular weight excluding hydrogens is 552 g/mol. The monoisotopic (exact) mass is 580 g/mol. The van der Waals surface area contributed by atoms with Gasteiger partial charge in [-0.15, -0.1) is 11.8 Å². The number of hydrazone groups is 1. The van der Waals surface area contributed by atoms with E-state index in [1.165, 1.54) is 31.0 Å². The molecule has 3 amide bonds. The fourth-order valence-electron chi connectivity index (χ4n) is 4.43. The van der Waals surface area contributed by atoms with Gasteiger partial charge in [0.05, 0.1) is 26.3 Å². The zero-order valence-electron chi connectivity index (χ0n) is 22.9. The average molecular weight is 581 g/mol. The summed E-state index contributed by atoms with van der Waals surface area (Å²) in [5.74, 6) is 0.115. The molecular formula is C32H28N4O5S. The topological polar surface area (TPSA) is 109 Å². The van der Waals surface area contributed by atoms with Gasteiger partial charge in [0, 0.05) is 10.6 Å². The van der Waals surface area contributed by atoms with Crippen LogP contribution in [0.4, 0.5) is 11.4 Å². The average Bonchev–Trinajstić information content (AvgIpc) is 3.39. The highest BCUT2D eigenvalue weighted by atomic mass is 32.2. The first-order valence-electron chi connectivity index (χ1n) is 13.1. The predicted octanol–water partition coefficient (Wildman–Crippen LogP) is 5.66. The van der Waals surface area contributed by atoms with Crippen LogP contribution in [0.2, 0.25) is 0 Å². The van der Waals surface area contributed by atoms with Crippen LogP contribution >= 0.6 is 11.8 Å². The summed E-state index contributed by atoms with van der Waals surface area (Å²) >= 11 is 1.32. The molecule has 10 heteroatoms. The normalized spacial score (nSPS) is 13.2. The molecule has 0 aliphatic carbocycles. The highest BCUT2D eigenvalue weighted by molar-refractivity contribution is 8.00. The number of hydrogen-bond acceptors (Lipinski definition) is 7. The van der Waals surface area contributed by atoms with Crippen LogP contribution in [-0.4, -0.2) is 37.8 Å². The van der Waals surface area contributed by atoms with Crippen molar-refractivity contribution in [2.45, 2.75) is 16.6 Å². The maximum absolute atomic E-state index is 13.6. The second kappa shape index (κ2) is 13.0. The van der Waals surface area contributed by atoms with E-state index in [1.54, 1.807) is 48.5 Å². The molecule has 0 fully saturated rings. The van der Waals surface area contributed by atoms with Gasteiger partial charge in [-0.1, -0.05) is 60.7 Å². The Hall–Kier alpha value is -5.09. The standard InChI is InChI=1S/C32H28N4O5S/c1-40-25-17-10-18-26(41-2)29(25)31(38)33-22-13-9-16-24(19-22)42-30(21-11-5-3-6-12-21)32(39)34-27-20-28(37)36(35-27)23-14-7-4-8-15-23/h3-19,30H,20H2,1-2H3,(H,33,38)(H,34,35,39). The lowest BCUT2D eigenvalue weighted by atomic mass is 10.1. The van der Waals surface area contributed by atoms with Crippen molar-refractivity contribution in [3.05, 3.63) is 114 Å². The number of methoxy groups -OCH3 is 2. The molecule has 1 aliphatic heterocycles. The number of anilines is 2. The number of carbonyl (C=O) groups excluding carboxylic acids is 3. The van der Waals surface area contributed by atoms with Crippen LogP contribution in [0.15, 0.2) is 113 Å². The largest absolute Gasteiger partial charge is 0.496 e. The van der Waals surface area contributed by atoms with Crippen LogP contribution in [0.3, 0.4) is 0 Å². The Bertz CT molecular complexity index is 1610. The summed E-state index contributed by atoms with van der Waals surface area (Å²) in [5.41, 5.74) is 2.22. The first kappa shape index (κ1) is 28.4. The van der Waals surface area contributed by atoms with Crippen LogP contribution in [-0.2, 0) is 9.59 Å². The van der Waals surface area contributed by atoms with Crippen molar-refractivity contribution in [3.8, 4) is 11.5 Å². The third-order valence-electron chi connectivity index (χ3n) is 6.39. The van der Waals surface area contributed by atoms with Crippen molar-refractivity contribution in [1.29, 1.82) is 0 Å². The summed E-state index contributed by atoms with van der Waals surface area (Å²) in [6.45, 7) is 0. The molecule has 0 saturated heterocycles. The van der Waals surface area contributed by atoms with Gasteiger partial charge in [-0.05, 0) is 48.0 Å². The third kappa shape index (κ3) is 6.45. The number of ether oxygens (including phenoxy) is 2. The number of carbonyl (C=O) groups is 3. The molecule has 5 rings (SSSR count). The Morgan fingerprint density at radius 3 is 2.14 bits per heavy atom. The van der Waals surface area contributed by atoms with Gasteiger partial charge in [0.1, 0.15) is 28.1 Å². The summed E-state index contributed by atoms with van der Waals surface area (Å²) in [6.07, 6.45) is -0.0132. The number of hydrogen-bond donors (Lipinski definition) is 2. The molecule has 1 unspecified atom stereocenters. The van der Waals surface area contributed by atoms with E-state index in [9.17, 15) is 14.4 Å². The molecule has 0 saturated carbocycles. The van der Waals surface area contributed by atoms with E-state index >= 15 is 0 Å². The maximum Gasteiger partial charge on any atom is 0.263 e. The van der Waals surface area contributed by atoms with Crippen LogP contribution in [0.25, 0.3) is 0 Å². The fraction of sp³-hybridized carbons (Fsp3) is 0.125. The van der Waals surface area contributed by atoms with E-state index in [2.05, 4.69) is 15.7 Å². The highest BCUT2D eigenvalue weighted by Gasteiger charge is 2.29. The Kier molecular flexibility index (Phi) is 8.84. The predicted molar refractivity (Wildman–Crippen MR) is 163 cm³/mol. The van der Waals surface area contributed by atoms with Crippen molar-refractivity contribution < 1.29 is 23.9 Å². The van der Waals surface area contributed by atoms with Gasteiger partial charge in [-0.25, -0.2) is 0 Å². The Labute approximate surface area is 247 Å². The SMILES string of the molecule is COc1cccc(OC)c1C(=O)Nc1cccc(SC(C(=O)NC2=NN(c3ccccc3)C(=O)C2)c2ccccc2)c1. The first-order valence-corrected chi connectivity index (χ1v) is 13.9. The number of nitrogens with zero attached hydrogens (tertiary/aromatic N) is 2. The summed E-state index contributed by atoms with van der Waals surface area (Å²) < 4.78 is 10.7. The second-order valence-corrected chi connectivity index (χ2v) is 10.4. The van der Waals surface area contributed by atoms with Crippen molar-refractivity contribution in [1.82, 2.24) is 5.32 Å². The second-order valence-electron chi connectivity index (χ2n) is 9.18. The number of rotatable bonds is 9. The Morgan fingerprint density at radius 2 is 1.48 bits per heavy atom. The molecule has 1 atom stereocenters.